The predicted octanol–water partition coefficient (Wildman–Crippen LogP) is 2.26. The number of para-hydroxylation sites is 1. The minimum absolute atomic E-state index is 0.127. The Balaban J connectivity index is 1.51. The summed E-state index contributed by atoms with van der Waals surface area (Å²) >= 11 is 0. The number of nitrogens with zero attached hydrogens (tertiary/aromatic N) is 1. The van der Waals surface area contributed by atoms with E-state index in [1.807, 2.05) is 58.0 Å². The van der Waals surface area contributed by atoms with Crippen LogP contribution in [-0.4, -0.2) is 64.7 Å². The van der Waals surface area contributed by atoms with Gasteiger partial charge in [0, 0.05) is 24.4 Å². The van der Waals surface area contributed by atoms with Gasteiger partial charge in [-0.25, -0.2) is 0 Å². The summed E-state index contributed by atoms with van der Waals surface area (Å²) in [6, 6.07) is 8.29. The second-order valence-corrected chi connectivity index (χ2v) is 11.1. The quantitative estimate of drug-likeness (QED) is 0.648. The van der Waals surface area contributed by atoms with Crippen LogP contribution in [0, 0.1) is 11.8 Å². The van der Waals surface area contributed by atoms with Crippen molar-refractivity contribution in [2.45, 2.75) is 69.4 Å². The zero-order valence-electron chi connectivity index (χ0n) is 20.2. The Hall–Kier alpha value is -2.71. The average molecular weight is 468 g/mol. The summed E-state index contributed by atoms with van der Waals surface area (Å²) in [7, 11) is 0. The Labute approximate surface area is 200 Å². The molecule has 4 aliphatic heterocycles. The van der Waals surface area contributed by atoms with E-state index in [0.717, 1.165) is 12.8 Å². The molecule has 3 saturated heterocycles. The normalized spacial score (nSPS) is 36.1. The molecule has 5 rings (SSSR count). The molecule has 0 aliphatic carbocycles. The molecular formula is C26H33N3O5. The summed E-state index contributed by atoms with van der Waals surface area (Å²) in [6.07, 6.45) is 5.32. The van der Waals surface area contributed by atoms with Crippen molar-refractivity contribution >= 4 is 23.4 Å². The number of carbonyl (C=O) groups excluding carboxylic acids is 3. The molecule has 1 spiro atoms. The van der Waals surface area contributed by atoms with E-state index in [4.69, 9.17) is 9.47 Å². The van der Waals surface area contributed by atoms with E-state index in [2.05, 4.69) is 10.6 Å². The van der Waals surface area contributed by atoms with Gasteiger partial charge in [-0.3, -0.25) is 14.4 Å². The van der Waals surface area contributed by atoms with Crippen molar-refractivity contribution in [2.24, 2.45) is 11.8 Å². The van der Waals surface area contributed by atoms with Crippen LogP contribution in [0.3, 0.4) is 0 Å². The molecule has 1 aromatic carbocycles. The first-order chi connectivity index (χ1) is 16.0. The summed E-state index contributed by atoms with van der Waals surface area (Å²) in [5.74, 6) is -2.34. The lowest BCUT2D eigenvalue weighted by atomic mass is 9.70. The van der Waals surface area contributed by atoms with E-state index >= 15 is 0 Å². The van der Waals surface area contributed by atoms with Crippen LogP contribution in [0.25, 0.3) is 0 Å². The highest BCUT2D eigenvalue weighted by Crippen LogP contribution is 2.60. The molecule has 4 aliphatic rings. The summed E-state index contributed by atoms with van der Waals surface area (Å²) in [5.41, 5.74) is -2.01. The number of carbonyl (C=O) groups is 3. The van der Waals surface area contributed by atoms with E-state index in [1.54, 1.807) is 17.0 Å². The third-order valence-electron chi connectivity index (χ3n) is 7.29. The number of hydrogen-bond donors (Lipinski definition) is 2. The van der Waals surface area contributed by atoms with Crippen LogP contribution in [-0.2, 0) is 23.9 Å². The van der Waals surface area contributed by atoms with Crippen molar-refractivity contribution in [3.8, 4) is 0 Å². The zero-order chi connectivity index (χ0) is 24.3. The molecule has 0 saturated carbocycles. The van der Waals surface area contributed by atoms with Crippen LogP contribution in [0.2, 0.25) is 0 Å². The Kier molecular flexibility index (Phi) is 5.37. The molecule has 3 fully saturated rings. The van der Waals surface area contributed by atoms with Crippen molar-refractivity contribution in [2.75, 3.05) is 18.5 Å². The van der Waals surface area contributed by atoms with Gasteiger partial charge in [0.25, 0.3) is 0 Å². The fourth-order valence-electron chi connectivity index (χ4n) is 6.01. The van der Waals surface area contributed by atoms with Gasteiger partial charge in [-0.05, 0) is 52.7 Å². The average Bonchev–Trinajstić information content (AvgIpc) is 3.48. The second-order valence-electron chi connectivity index (χ2n) is 11.1. The highest BCUT2D eigenvalue weighted by molar-refractivity contribution is 6.03. The third kappa shape index (κ3) is 3.64. The van der Waals surface area contributed by atoms with Crippen LogP contribution in [0.1, 0.15) is 40.5 Å². The molecule has 2 N–H and O–H groups in total. The Morgan fingerprint density at radius 3 is 2.53 bits per heavy atom. The monoisotopic (exact) mass is 467 g/mol. The number of anilines is 1. The zero-order valence-corrected chi connectivity index (χ0v) is 20.2. The van der Waals surface area contributed by atoms with Gasteiger partial charge in [0.15, 0.2) is 0 Å². The molecule has 4 heterocycles. The lowest BCUT2D eigenvalue weighted by Gasteiger charge is -2.35. The largest absolute Gasteiger partial charge is 0.376 e. The summed E-state index contributed by atoms with van der Waals surface area (Å²) < 4.78 is 12.3. The molecule has 8 nitrogen and oxygen atoms in total. The lowest BCUT2D eigenvalue weighted by molar-refractivity contribution is -0.146. The maximum absolute atomic E-state index is 13.9. The van der Waals surface area contributed by atoms with Crippen molar-refractivity contribution in [1.82, 2.24) is 10.2 Å². The number of fused-ring (bicyclic) bond motifs is 1. The van der Waals surface area contributed by atoms with E-state index in [1.165, 1.54) is 0 Å². The van der Waals surface area contributed by atoms with Crippen LogP contribution < -0.4 is 10.6 Å². The van der Waals surface area contributed by atoms with Gasteiger partial charge in [-0.1, -0.05) is 30.4 Å². The van der Waals surface area contributed by atoms with Gasteiger partial charge < -0.3 is 25.0 Å². The second kappa shape index (κ2) is 7.92. The van der Waals surface area contributed by atoms with Crippen LogP contribution in [0.15, 0.2) is 42.5 Å². The molecule has 182 valence electrons. The Bertz CT molecular complexity index is 1030. The Morgan fingerprint density at radius 2 is 1.88 bits per heavy atom. The van der Waals surface area contributed by atoms with Gasteiger partial charge >= 0.3 is 0 Å². The van der Waals surface area contributed by atoms with Gasteiger partial charge in [0.2, 0.25) is 17.7 Å². The van der Waals surface area contributed by atoms with Crippen LogP contribution in [0.4, 0.5) is 5.69 Å². The van der Waals surface area contributed by atoms with Crippen molar-refractivity contribution in [1.29, 1.82) is 0 Å². The SMILES string of the molecule is CC(C)(C)NC(=O)[C@H]1N(C[C@@H]2CCCO2)C(=O)[C@@H]2[C@H](C(=O)Nc3ccccc3)[C@]3(C)C=C[C@]21O3. The first-order valence-electron chi connectivity index (χ1n) is 12.0. The van der Waals surface area contributed by atoms with E-state index in [-0.39, 0.29) is 23.8 Å². The molecule has 2 bridgehead atoms. The number of benzene rings is 1. The summed E-state index contributed by atoms with van der Waals surface area (Å²) in [6.45, 7) is 8.49. The standard InChI is InChI=1S/C26H33N3O5/c1-24(2,3)28-22(31)20-26-13-12-25(4,34-26)18(21(30)27-16-9-6-5-7-10-16)19(26)23(32)29(20)15-17-11-8-14-33-17/h5-7,9-10,12-13,17-20H,8,11,14-15H2,1-4H3,(H,27,30)(H,28,31)/t17-,18+,19-,20+,25-,26-/m0/s1. The topological polar surface area (TPSA) is 97.0 Å². The fraction of sp³-hybridized carbons (Fsp3) is 0.577. The summed E-state index contributed by atoms with van der Waals surface area (Å²) in [5, 5.41) is 5.98. The third-order valence-corrected chi connectivity index (χ3v) is 7.29. The van der Waals surface area contributed by atoms with Crippen molar-refractivity contribution in [3.63, 3.8) is 0 Å². The lowest BCUT2D eigenvalue weighted by Crippen LogP contribution is -2.58. The molecule has 0 radical (unpaired) electrons. The molecule has 34 heavy (non-hydrogen) atoms. The Morgan fingerprint density at radius 1 is 1.15 bits per heavy atom. The van der Waals surface area contributed by atoms with Crippen molar-refractivity contribution in [3.05, 3.63) is 42.5 Å². The van der Waals surface area contributed by atoms with E-state index in [9.17, 15) is 14.4 Å². The molecule has 6 atom stereocenters. The first-order valence-corrected chi connectivity index (χ1v) is 12.0. The number of likely N-dealkylation sites (tertiary alicyclic amines) is 1. The minimum Gasteiger partial charge on any atom is -0.376 e. The van der Waals surface area contributed by atoms with Gasteiger partial charge in [-0.2, -0.15) is 0 Å². The van der Waals surface area contributed by atoms with Gasteiger partial charge in [0.05, 0.1) is 23.5 Å². The predicted molar refractivity (Wildman–Crippen MR) is 126 cm³/mol. The molecule has 1 aromatic rings. The van der Waals surface area contributed by atoms with E-state index in [0.29, 0.717) is 18.8 Å². The number of rotatable bonds is 5. The fourth-order valence-corrected chi connectivity index (χ4v) is 6.01. The van der Waals surface area contributed by atoms with E-state index < -0.39 is 34.6 Å². The van der Waals surface area contributed by atoms with Crippen LogP contribution >= 0.6 is 0 Å². The number of amides is 3. The summed E-state index contributed by atoms with van der Waals surface area (Å²) in [4.78, 5) is 42.7. The number of nitrogens with one attached hydrogen (secondary N) is 2. The molecule has 3 amide bonds. The molecular weight excluding hydrogens is 434 g/mol. The van der Waals surface area contributed by atoms with Gasteiger partial charge in [-0.15, -0.1) is 0 Å². The molecule has 0 unspecified atom stereocenters. The first kappa shape index (κ1) is 23.1. The molecule has 8 heteroatoms. The van der Waals surface area contributed by atoms with Crippen molar-refractivity contribution < 1.29 is 23.9 Å². The number of ether oxygens (including phenoxy) is 2. The highest BCUT2D eigenvalue weighted by atomic mass is 16.5. The highest BCUT2D eigenvalue weighted by Gasteiger charge is 2.76. The van der Waals surface area contributed by atoms with Crippen LogP contribution in [0.5, 0.6) is 0 Å². The maximum Gasteiger partial charge on any atom is 0.246 e. The maximum atomic E-state index is 13.9. The minimum atomic E-state index is -1.20. The van der Waals surface area contributed by atoms with Gasteiger partial charge in [0.1, 0.15) is 11.6 Å². The smallest absolute Gasteiger partial charge is 0.246 e. The molecule has 0 aromatic heterocycles. The number of hydrogen-bond acceptors (Lipinski definition) is 5.